The first kappa shape index (κ1) is 40.6. The van der Waals surface area contributed by atoms with Gasteiger partial charge >= 0.3 is 12.2 Å². The molecule has 288 valence electrons. The predicted molar refractivity (Wildman–Crippen MR) is 205 cm³/mol. The van der Waals surface area contributed by atoms with Gasteiger partial charge in [-0.2, -0.15) is 0 Å². The molecule has 2 aromatic carbocycles. The van der Waals surface area contributed by atoms with Crippen molar-refractivity contribution in [3.63, 3.8) is 0 Å². The van der Waals surface area contributed by atoms with Crippen LogP contribution in [0.5, 0.6) is 0 Å². The molecule has 0 aliphatic carbocycles. The highest BCUT2D eigenvalue weighted by Crippen LogP contribution is 2.36. The van der Waals surface area contributed by atoms with E-state index in [1.54, 1.807) is 27.9 Å². The molecule has 5 amide bonds. The van der Waals surface area contributed by atoms with E-state index in [2.05, 4.69) is 48.0 Å². The molecule has 1 aliphatic heterocycles. The number of benzene rings is 2. The van der Waals surface area contributed by atoms with Gasteiger partial charge in [0.2, 0.25) is 11.8 Å². The van der Waals surface area contributed by atoms with E-state index >= 15 is 0 Å². The molecule has 3 aromatic rings. The molecule has 0 unspecified atom stereocenters. The molecule has 15 heteroatoms. The van der Waals surface area contributed by atoms with E-state index in [1.165, 1.54) is 14.2 Å². The fourth-order valence-electron chi connectivity index (χ4n) is 6.14. The van der Waals surface area contributed by atoms with E-state index in [0.717, 1.165) is 46.4 Å². The third-order valence-electron chi connectivity index (χ3n) is 8.80. The summed E-state index contributed by atoms with van der Waals surface area (Å²) in [7, 11) is 4.25. The topological polar surface area (TPSA) is 178 Å². The van der Waals surface area contributed by atoms with Crippen LogP contribution in [0.25, 0.3) is 28.1 Å². The molecular formula is C39H50N8O7. The number of alkyl carbamates (subject to hydrolysis) is 2. The number of allylic oxidation sites excluding steroid dienone is 1. The first-order valence-electron chi connectivity index (χ1n) is 17.8. The fraction of sp³-hybridized carbons (Fsp3) is 0.385. The Morgan fingerprint density at radius 3 is 2.19 bits per heavy atom. The number of nitrogens with zero attached hydrogens (tertiary/aromatic N) is 4. The lowest BCUT2D eigenvalue weighted by Crippen LogP contribution is -2.42. The van der Waals surface area contributed by atoms with Crippen molar-refractivity contribution in [2.75, 3.05) is 54.0 Å². The Kier molecular flexibility index (Phi) is 14.4. The van der Waals surface area contributed by atoms with Crippen LogP contribution >= 0.6 is 0 Å². The molecular weight excluding hydrogens is 692 g/mol. The van der Waals surface area contributed by atoms with E-state index in [0.29, 0.717) is 42.4 Å². The number of hydrogen-bond acceptors (Lipinski definition) is 9. The molecule has 1 aromatic heterocycles. The number of ether oxygens (including phenoxy) is 2. The molecule has 0 fully saturated rings. The summed E-state index contributed by atoms with van der Waals surface area (Å²) in [5.74, 6) is -0.0728. The van der Waals surface area contributed by atoms with E-state index in [1.807, 2.05) is 57.2 Å². The lowest BCUT2D eigenvalue weighted by molar-refractivity contribution is -0.131. The summed E-state index contributed by atoms with van der Waals surface area (Å²) >= 11 is 0. The molecule has 4 N–H and O–H groups in total. The Bertz CT molecular complexity index is 1900. The Balaban J connectivity index is 1.53. The van der Waals surface area contributed by atoms with E-state index in [9.17, 15) is 24.0 Å². The number of rotatable bonds is 16. The van der Waals surface area contributed by atoms with Gasteiger partial charge < -0.3 is 45.1 Å². The molecule has 15 nitrogen and oxygen atoms in total. The second kappa shape index (κ2) is 19.1. The number of amides is 5. The number of aromatic amines is 1. The third kappa shape index (κ3) is 10.3. The van der Waals surface area contributed by atoms with Crippen LogP contribution in [-0.4, -0.2) is 109 Å². The number of hydrogen-bond donors (Lipinski definition) is 4. The summed E-state index contributed by atoms with van der Waals surface area (Å²) in [5, 5.41) is 8.21. The minimum absolute atomic E-state index is 0.123. The van der Waals surface area contributed by atoms with E-state index < -0.39 is 12.2 Å². The highest BCUT2D eigenvalue weighted by Gasteiger charge is 2.26. The van der Waals surface area contributed by atoms with Gasteiger partial charge in [0, 0.05) is 49.2 Å². The maximum atomic E-state index is 13.8. The van der Waals surface area contributed by atoms with Crippen LogP contribution in [-0.2, 0) is 32.2 Å². The monoisotopic (exact) mass is 742 g/mol. The molecule has 0 bridgehead atoms. The van der Waals surface area contributed by atoms with Crippen LogP contribution in [0.3, 0.4) is 0 Å². The highest BCUT2D eigenvalue weighted by molar-refractivity contribution is 6.03. The quantitative estimate of drug-likeness (QED) is 0.165. The zero-order valence-corrected chi connectivity index (χ0v) is 31.8. The standard InChI is InChI=1S/C39H50N8O7/c1-8-15-46(35(48)20-41-38(51)53-6)22-25(4)43-32(10-3)26-11-13-29-28(17-26)23-45(5)37(50)31-18-27(12-14-30(29)31)33-19-40-34(44-33)24-47(16-9-2)36(49)21-42-39(52)54-7/h10-14,17-19,43H,4,8-9,15-16,20-24H2,1-3,5-7H3,(H,40,44)(H,41,51)(H,42,52)/b32-10-. The predicted octanol–water partition coefficient (Wildman–Crippen LogP) is 4.48. The van der Waals surface area contributed by atoms with Gasteiger partial charge in [0.1, 0.15) is 18.9 Å². The fourth-order valence-corrected chi connectivity index (χ4v) is 6.14. The van der Waals surface area contributed by atoms with Crippen LogP contribution in [0.4, 0.5) is 9.59 Å². The van der Waals surface area contributed by atoms with Gasteiger partial charge in [-0.25, -0.2) is 14.6 Å². The van der Waals surface area contributed by atoms with Gasteiger partial charge in [-0.3, -0.25) is 14.4 Å². The zero-order valence-electron chi connectivity index (χ0n) is 31.8. The number of aromatic nitrogens is 2. The molecule has 2 heterocycles. The summed E-state index contributed by atoms with van der Waals surface area (Å²) in [6, 6.07) is 11.8. The largest absolute Gasteiger partial charge is 0.453 e. The van der Waals surface area contributed by atoms with Crippen molar-refractivity contribution >= 4 is 35.6 Å². The van der Waals surface area contributed by atoms with Crippen molar-refractivity contribution in [1.29, 1.82) is 0 Å². The number of carbonyl (C=O) groups is 5. The number of methoxy groups -OCH3 is 2. The van der Waals surface area contributed by atoms with Gasteiger partial charge in [-0.05, 0) is 54.2 Å². The lowest BCUT2D eigenvalue weighted by atomic mass is 9.92. The summed E-state index contributed by atoms with van der Waals surface area (Å²) in [6.45, 7) is 11.5. The third-order valence-corrected chi connectivity index (χ3v) is 8.80. The molecule has 54 heavy (non-hydrogen) atoms. The van der Waals surface area contributed by atoms with Crippen molar-refractivity contribution in [3.05, 3.63) is 83.5 Å². The summed E-state index contributed by atoms with van der Waals surface area (Å²) in [6.07, 6.45) is 3.71. The molecule has 0 saturated carbocycles. The average Bonchev–Trinajstić information content (AvgIpc) is 3.61. The molecule has 1 aliphatic rings. The highest BCUT2D eigenvalue weighted by atomic mass is 16.5. The van der Waals surface area contributed by atoms with Gasteiger partial charge in [0.15, 0.2) is 0 Å². The van der Waals surface area contributed by atoms with Crippen molar-refractivity contribution in [1.82, 2.24) is 40.6 Å². The van der Waals surface area contributed by atoms with Crippen molar-refractivity contribution in [3.8, 4) is 22.4 Å². The van der Waals surface area contributed by atoms with Gasteiger partial charge in [-0.15, -0.1) is 0 Å². The van der Waals surface area contributed by atoms with Crippen molar-refractivity contribution in [2.24, 2.45) is 0 Å². The maximum absolute atomic E-state index is 13.8. The van der Waals surface area contributed by atoms with Crippen LogP contribution in [0.15, 0.2) is 60.9 Å². The average molecular weight is 743 g/mol. The maximum Gasteiger partial charge on any atom is 0.407 e. The summed E-state index contributed by atoms with van der Waals surface area (Å²) < 4.78 is 9.14. The lowest BCUT2D eigenvalue weighted by Gasteiger charge is -2.25. The van der Waals surface area contributed by atoms with Crippen LogP contribution in [0.2, 0.25) is 0 Å². The Morgan fingerprint density at radius 2 is 1.56 bits per heavy atom. The Hall–Kier alpha value is -6.12. The molecule has 0 atom stereocenters. The Morgan fingerprint density at radius 1 is 0.926 bits per heavy atom. The minimum atomic E-state index is -0.678. The zero-order chi connectivity index (χ0) is 39.4. The van der Waals surface area contributed by atoms with Crippen molar-refractivity contribution < 1.29 is 33.4 Å². The first-order chi connectivity index (χ1) is 25.9. The molecule has 0 saturated heterocycles. The number of H-pyrrole nitrogens is 1. The van der Waals surface area contributed by atoms with E-state index in [-0.39, 0.29) is 43.9 Å². The normalized spacial score (nSPS) is 12.1. The number of imidazole rings is 1. The van der Waals surface area contributed by atoms with Gasteiger partial charge in [0.05, 0.1) is 39.2 Å². The van der Waals surface area contributed by atoms with Crippen molar-refractivity contribution in [2.45, 2.75) is 46.7 Å². The van der Waals surface area contributed by atoms with Crippen LogP contribution in [0, 0.1) is 0 Å². The number of fused-ring (bicyclic) bond motifs is 3. The summed E-state index contributed by atoms with van der Waals surface area (Å²) in [4.78, 5) is 75.0. The Labute approximate surface area is 315 Å². The van der Waals surface area contributed by atoms with E-state index in [4.69, 9.17) is 0 Å². The smallest absolute Gasteiger partial charge is 0.407 e. The molecule has 0 spiro atoms. The first-order valence-corrected chi connectivity index (χ1v) is 17.8. The number of carbonyl (C=O) groups excluding carboxylic acids is 5. The van der Waals surface area contributed by atoms with Crippen LogP contribution < -0.4 is 16.0 Å². The van der Waals surface area contributed by atoms with Gasteiger partial charge in [-0.1, -0.05) is 50.8 Å². The minimum Gasteiger partial charge on any atom is -0.453 e. The second-order valence-corrected chi connectivity index (χ2v) is 12.8. The van der Waals surface area contributed by atoms with Gasteiger partial charge in [0.25, 0.3) is 5.91 Å². The SMILES string of the molecule is C=C(CN(CCC)C(=O)CNC(=O)OC)N/C(=C\C)c1ccc2c(c1)CN(C)C(=O)c1cc(-c3cnc(CN(CCC)C(=O)CNC(=O)OC)[nH]3)ccc1-2. The van der Waals surface area contributed by atoms with Crippen LogP contribution in [0.1, 0.15) is 60.9 Å². The second-order valence-electron chi connectivity index (χ2n) is 12.8. The summed E-state index contributed by atoms with van der Waals surface area (Å²) in [5.41, 5.74) is 7.01. The molecule has 4 rings (SSSR count). The number of nitrogens with one attached hydrogen (secondary N) is 4. The molecule has 0 radical (unpaired) electrons.